The Hall–Kier alpha value is -0.870. The van der Waals surface area contributed by atoms with Gasteiger partial charge >= 0.3 is 0 Å². The van der Waals surface area contributed by atoms with Gasteiger partial charge in [-0.2, -0.15) is 5.10 Å². The van der Waals surface area contributed by atoms with Crippen molar-refractivity contribution in [3.8, 4) is 0 Å². The van der Waals surface area contributed by atoms with Crippen LogP contribution >= 0.6 is 0 Å². The number of rotatable bonds is 3. The van der Waals surface area contributed by atoms with E-state index in [0.717, 1.165) is 25.9 Å². The molecule has 0 radical (unpaired) electrons. The fraction of sp³-hybridized carbons (Fsp3) is 0.700. The summed E-state index contributed by atoms with van der Waals surface area (Å²) >= 11 is 0. The van der Waals surface area contributed by atoms with Gasteiger partial charge in [0, 0.05) is 31.4 Å². The predicted molar refractivity (Wildman–Crippen MR) is 55.9 cm³/mol. The summed E-state index contributed by atoms with van der Waals surface area (Å²) in [6, 6.07) is 0.890. The summed E-state index contributed by atoms with van der Waals surface area (Å²) in [6.07, 6.45) is 6.04. The molecule has 2 rings (SSSR count). The Bertz CT molecular complexity index is 270. The van der Waals surface area contributed by atoms with E-state index >= 15 is 0 Å². The highest BCUT2D eigenvalue weighted by Crippen LogP contribution is 2.15. The molecule has 4 heteroatoms. The molecule has 0 aliphatic carbocycles. The fourth-order valence-electron chi connectivity index (χ4n) is 2.03. The van der Waals surface area contributed by atoms with Gasteiger partial charge in [0.05, 0.1) is 6.20 Å². The summed E-state index contributed by atoms with van der Waals surface area (Å²) in [5, 5.41) is 6.77. The molecule has 2 heterocycles. The van der Waals surface area contributed by atoms with Crippen LogP contribution in [0.3, 0.4) is 0 Å². The van der Waals surface area contributed by atoms with Crippen LogP contribution in [0, 0.1) is 0 Å². The Labute approximate surface area is 84.5 Å². The van der Waals surface area contributed by atoms with Gasteiger partial charge in [-0.15, -0.1) is 0 Å². The van der Waals surface area contributed by atoms with E-state index in [2.05, 4.69) is 22.0 Å². The standard InChI is InChI=1S/C10H18N4/c1-8-10(11)3-5-14(8)4-2-9-6-12-13-7-9/h6-8,10H,2-5,11H2,1H3,(H,12,13). The highest BCUT2D eigenvalue weighted by atomic mass is 15.2. The van der Waals surface area contributed by atoms with Gasteiger partial charge in [-0.05, 0) is 25.3 Å². The Kier molecular flexibility index (Phi) is 2.84. The first-order chi connectivity index (χ1) is 6.77. The van der Waals surface area contributed by atoms with E-state index in [1.807, 2.05) is 12.4 Å². The smallest absolute Gasteiger partial charge is 0.0519 e. The molecule has 1 saturated heterocycles. The third kappa shape index (κ3) is 1.96. The topological polar surface area (TPSA) is 57.9 Å². The average molecular weight is 194 g/mol. The van der Waals surface area contributed by atoms with E-state index in [0.29, 0.717) is 12.1 Å². The number of H-pyrrole nitrogens is 1. The molecule has 0 amide bonds. The Morgan fingerprint density at radius 1 is 1.71 bits per heavy atom. The Balaban J connectivity index is 1.81. The number of nitrogens with two attached hydrogens (primary N) is 1. The normalized spacial score (nSPS) is 28.4. The molecular formula is C10H18N4. The van der Waals surface area contributed by atoms with Gasteiger partial charge in [0.1, 0.15) is 0 Å². The van der Waals surface area contributed by atoms with Crippen molar-refractivity contribution in [2.45, 2.75) is 31.8 Å². The first kappa shape index (κ1) is 9.68. The molecule has 0 spiro atoms. The molecule has 0 aromatic carbocycles. The molecule has 1 aromatic rings. The third-order valence-electron chi connectivity index (χ3n) is 3.19. The van der Waals surface area contributed by atoms with Crippen LogP contribution in [0.2, 0.25) is 0 Å². The largest absolute Gasteiger partial charge is 0.326 e. The Morgan fingerprint density at radius 2 is 2.57 bits per heavy atom. The molecule has 0 bridgehead atoms. The summed E-state index contributed by atoms with van der Waals surface area (Å²) in [5.41, 5.74) is 7.23. The lowest BCUT2D eigenvalue weighted by Gasteiger charge is -2.22. The van der Waals surface area contributed by atoms with Gasteiger partial charge in [0.2, 0.25) is 0 Å². The van der Waals surface area contributed by atoms with Crippen LogP contribution in [0.4, 0.5) is 0 Å². The molecule has 1 aliphatic heterocycles. The Morgan fingerprint density at radius 3 is 3.14 bits per heavy atom. The number of nitrogens with one attached hydrogen (secondary N) is 1. The summed E-state index contributed by atoms with van der Waals surface area (Å²) in [7, 11) is 0. The molecule has 14 heavy (non-hydrogen) atoms. The van der Waals surface area contributed by atoms with Crippen molar-refractivity contribution < 1.29 is 0 Å². The van der Waals surface area contributed by atoms with Crippen molar-refractivity contribution in [3.63, 3.8) is 0 Å². The number of aromatic amines is 1. The molecule has 78 valence electrons. The molecule has 2 atom stereocenters. The van der Waals surface area contributed by atoms with Crippen molar-refractivity contribution in [1.29, 1.82) is 0 Å². The zero-order chi connectivity index (χ0) is 9.97. The van der Waals surface area contributed by atoms with Gasteiger partial charge in [0.15, 0.2) is 0 Å². The quantitative estimate of drug-likeness (QED) is 0.731. The fourth-order valence-corrected chi connectivity index (χ4v) is 2.03. The van der Waals surface area contributed by atoms with Gasteiger partial charge in [0.25, 0.3) is 0 Å². The van der Waals surface area contributed by atoms with E-state index in [1.54, 1.807) is 0 Å². The number of nitrogens with zero attached hydrogens (tertiary/aromatic N) is 2. The maximum absolute atomic E-state index is 5.96. The molecule has 0 saturated carbocycles. The van der Waals surface area contributed by atoms with Crippen molar-refractivity contribution in [2.24, 2.45) is 5.73 Å². The minimum absolute atomic E-state index is 0.361. The van der Waals surface area contributed by atoms with Crippen LogP contribution in [0.15, 0.2) is 12.4 Å². The molecule has 1 fully saturated rings. The lowest BCUT2D eigenvalue weighted by atomic mass is 10.1. The molecule has 1 aromatic heterocycles. The number of hydrogen-bond acceptors (Lipinski definition) is 3. The minimum atomic E-state index is 0.361. The number of hydrogen-bond donors (Lipinski definition) is 2. The van der Waals surface area contributed by atoms with Gasteiger partial charge < -0.3 is 5.73 Å². The third-order valence-corrected chi connectivity index (χ3v) is 3.19. The summed E-state index contributed by atoms with van der Waals surface area (Å²) in [5.74, 6) is 0. The van der Waals surface area contributed by atoms with Crippen LogP contribution < -0.4 is 5.73 Å². The highest BCUT2D eigenvalue weighted by Gasteiger charge is 2.26. The average Bonchev–Trinajstić information content (AvgIpc) is 2.77. The molecule has 2 unspecified atom stereocenters. The van der Waals surface area contributed by atoms with Gasteiger partial charge in [-0.1, -0.05) is 0 Å². The monoisotopic (exact) mass is 194 g/mol. The van der Waals surface area contributed by atoms with Crippen LogP contribution in [-0.4, -0.2) is 40.3 Å². The van der Waals surface area contributed by atoms with Crippen molar-refractivity contribution in [1.82, 2.24) is 15.1 Å². The highest BCUT2D eigenvalue weighted by molar-refractivity contribution is 5.03. The molecule has 3 N–H and O–H groups in total. The van der Waals surface area contributed by atoms with E-state index in [4.69, 9.17) is 5.73 Å². The summed E-state index contributed by atoms with van der Waals surface area (Å²) in [6.45, 7) is 4.45. The van der Waals surface area contributed by atoms with Gasteiger partial charge in [-0.3, -0.25) is 10.00 Å². The first-order valence-electron chi connectivity index (χ1n) is 5.24. The van der Waals surface area contributed by atoms with Crippen molar-refractivity contribution in [2.75, 3.05) is 13.1 Å². The van der Waals surface area contributed by atoms with E-state index in [9.17, 15) is 0 Å². The van der Waals surface area contributed by atoms with Crippen molar-refractivity contribution >= 4 is 0 Å². The maximum atomic E-state index is 5.96. The molecule has 4 nitrogen and oxygen atoms in total. The van der Waals surface area contributed by atoms with E-state index in [-0.39, 0.29) is 0 Å². The molecule has 1 aliphatic rings. The van der Waals surface area contributed by atoms with Gasteiger partial charge in [-0.25, -0.2) is 0 Å². The molecular weight excluding hydrogens is 176 g/mol. The number of likely N-dealkylation sites (tertiary alicyclic amines) is 1. The second kappa shape index (κ2) is 4.11. The summed E-state index contributed by atoms with van der Waals surface area (Å²) < 4.78 is 0. The number of aromatic nitrogens is 2. The minimum Gasteiger partial charge on any atom is -0.326 e. The first-order valence-corrected chi connectivity index (χ1v) is 5.24. The van der Waals surface area contributed by atoms with Crippen molar-refractivity contribution in [3.05, 3.63) is 18.0 Å². The second-order valence-corrected chi connectivity index (χ2v) is 4.09. The lowest BCUT2D eigenvalue weighted by Crippen LogP contribution is -2.37. The van der Waals surface area contributed by atoms with Crippen LogP contribution in [-0.2, 0) is 6.42 Å². The van der Waals surface area contributed by atoms with Crippen LogP contribution in [0.25, 0.3) is 0 Å². The maximum Gasteiger partial charge on any atom is 0.0519 e. The predicted octanol–water partition coefficient (Wildman–Crippen LogP) is 0.374. The van der Waals surface area contributed by atoms with E-state index < -0.39 is 0 Å². The zero-order valence-corrected chi connectivity index (χ0v) is 8.61. The second-order valence-electron chi connectivity index (χ2n) is 4.09. The van der Waals surface area contributed by atoms with E-state index in [1.165, 1.54) is 5.56 Å². The summed E-state index contributed by atoms with van der Waals surface area (Å²) in [4.78, 5) is 2.46. The van der Waals surface area contributed by atoms with Crippen LogP contribution in [0.5, 0.6) is 0 Å². The lowest BCUT2D eigenvalue weighted by molar-refractivity contribution is 0.263. The zero-order valence-electron chi connectivity index (χ0n) is 8.61. The van der Waals surface area contributed by atoms with Crippen LogP contribution in [0.1, 0.15) is 18.9 Å². The SMILES string of the molecule is CC1C(N)CCN1CCc1cn[nH]c1.